The van der Waals surface area contributed by atoms with Gasteiger partial charge in [0.25, 0.3) is 0 Å². The van der Waals surface area contributed by atoms with Crippen molar-refractivity contribution in [2.24, 2.45) is 11.8 Å². The van der Waals surface area contributed by atoms with Crippen LogP contribution in [0.5, 0.6) is 0 Å². The number of anilines is 1. The van der Waals surface area contributed by atoms with Gasteiger partial charge in [-0.15, -0.1) is 0 Å². The van der Waals surface area contributed by atoms with E-state index in [1.165, 1.54) is 0 Å². The van der Waals surface area contributed by atoms with Crippen molar-refractivity contribution in [1.82, 2.24) is 10.2 Å². The molecule has 0 aromatic heterocycles. The molecule has 20 heavy (non-hydrogen) atoms. The predicted molar refractivity (Wildman–Crippen MR) is 81.5 cm³/mol. The van der Waals surface area contributed by atoms with Gasteiger partial charge in [-0.2, -0.15) is 0 Å². The number of likely N-dealkylation sites (tertiary alicyclic amines) is 1. The van der Waals surface area contributed by atoms with Gasteiger partial charge in [-0.3, -0.25) is 0 Å². The Morgan fingerprint density at radius 2 is 2.05 bits per heavy atom. The summed E-state index contributed by atoms with van der Waals surface area (Å²) in [6, 6.07) is 5.06. The number of hydrogen-bond donors (Lipinski definition) is 2. The number of urea groups is 1. The third-order valence-electron chi connectivity index (χ3n) is 4.16. The third kappa shape index (κ3) is 2.87. The molecule has 2 heterocycles. The first-order chi connectivity index (χ1) is 9.63. The number of nitrogens with one attached hydrogen (secondary N) is 2. The van der Waals surface area contributed by atoms with E-state index in [4.69, 9.17) is 23.2 Å². The quantitative estimate of drug-likeness (QED) is 0.837. The van der Waals surface area contributed by atoms with Crippen molar-refractivity contribution in [3.63, 3.8) is 0 Å². The number of piperidine rings is 1. The molecule has 2 amide bonds. The lowest BCUT2D eigenvalue weighted by molar-refractivity contribution is 0.161. The second-order valence-electron chi connectivity index (χ2n) is 5.47. The topological polar surface area (TPSA) is 44.4 Å². The number of amides is 2. The van der Waals surface area contributed by atoms with Gasteiger partial charge in [0, 0.05) is 18.8 Å². The van der Waals surface area contributed by atoms with Gasteiger partial charge in [-0.25, -0.2) is 4.79 Å². The fourth-order valence-corrected chi connectivity index (χ4v) is 3.29. The molecule has 2 atom stereocenters. The summed E-state index contributed by atoms with van der Waals surface area (Å²) in [5, 5.41) is 7.22. The summed E-state index contributed by atoms with van der Waals surface area (Å²) in [6.07, 6.45) is 1.08. The Morgan fingerprint density at radius 3 is 2.85 bits per heavy atom. The van der Waals surface area contributed by atoms with Crippen LogP contribution in [0.1, 0.15) is 6.42 Å². The van der Waals surface area contributed by atoms with Crippen molar-refractivity contribution < 1.29 is 4.79 Å². The normalized spacial score (nSPS) is 25.4. The molecule has 108 valence electrons. The lowest BCUT2D eigenvalue weighted by Gasteiger charge is -2.34. The number of carbonyl (C=O) groups excluding carboxylic acids is 1. The molecule has 2 unspecified atom stereocenters. The summed E-state index contributed by atoms with van der Waals surface area (Å²) in [4.78, 5) is 14.2. The summed E-state index contributed by atoms with van der Waals surface area (Å²) in [6.45, 7) is 3.75. The van der Waals surface area contributed by atoms with E-state index in [2.05, 4.69) is 10.6 Å². The van der Waals surface area contributed by atoms with Gasteiger partial charge in [-0.1, -0.05) is 23.2 Å². The molecule has 4 nitrogen and oxygen atoms in total. The highest BCUT2D eigenvalue weighted by Crippen LogP contribution is 2.28. The van der Waals surface area contributed by atoms with Gasteiger partial charge in [0.1, 0.15) is 0 Å². The first-order valence-corrected chi connectivity index (χ1v) is 7.61. The Labute approximate surface area is 128 Å². The molecule has 2 aliphatic rings. The molecular weight excluding hydrogens is 297 g/mol. The first kappa shape index (κ1) is 14.0. The highest BCUT2D eigenvalue weighted by atomic mass is 35.5. The Morgan fingerprint density at radius 1 is 1.25 bits per heavy atom. The monoisotopic (exact) mass is 313 g/mol. The van der Waals surface area contributed by atoms with E-state index < -0.39 is 0 Å². The van der Waals surface area contributed by atoms with Crippen molar-refractivity contribution in [2.75, 3.05) is 31.5 Å². The van der Waals surface area contributed by atoms with Crippen LogP contribution in [-0.4, -0.2) is 37.1 Å². The summed E-state index contributed by atoms with van der Waals surface area (Å²) in [5.41, 5.74) is 0.677. The maximum absolute atomic E-state index is 12.3. The van der Waals surface area contributed by atoms with Crippen LogP contribution < -0.4 is 10.6 Å². The first-order valence-electron chi connectivity index (χ1n) is 6.85. The van der Waals surface area contributed by atoms with Gasteiger partial charge < -0.3 is 15.5 Å². The van der Waals surface area contributed by atoms with Gasteiger partial charge in [-0.05, 0) is 49.5 Å². The second-order valence-corrected chi connectivity index (χ2v) is 6.29. The van der Waals surface area contributed by atoms with E-state index in [1.54, 1.807) is 18.2 Å². The molecule has 2 aliphatic heterocycles. The molecule has 6 heteroatoms. The smallest absolute Gasteiger partial charge is 0.321 e. The molecule has 0 saturated carbocycles. The number of halogens is 2. The van der Waals surface area contributed by atoms with Crippen LogP contribution in [0, 0.1) is 11.8 Å². The van der Waals surface area contributed by atoms with Crippen molar-refractivity contribution in [2.45, 2.75) is 6.42 Å². The van der Waals surface area contributed by atoms with Crippen molar-refractivity contribution >= 4 is 34.9 Å². The number of fused-ring (bicyclic) bond motifs is 1. The lowest BCUT2D eigenvalue weighted by Crippen LogP contribution is -2.45. The zero-order chi connectivity index (χ0) is 14.1. The van der Waals surface area contributed by atoms with Gasteiger partial charge in [0.15, 0.2) is 0 Å². The minimum Gasteiger partial charge on any atom is -0.324 e. The maximum Gasteiger partial charge on any atom is 0.321 e. The standard InChI is InChI=1S/C14H17Cl2N3O/c15-12-2-1-11(5-13(12)16)18-14(20)19-4-3-9-6-17-7-10(9)8-19/h1-2,5,9-10,17H,3-4,6-8H2,(H,18,20). The SMILES string of the molecule is O=C(Nc1ccc(Cl)c(Cl)c1)N1CCC2CNCC2C1. The minimum atomic E-state index is -0.0614. The van der Waals surface area contributed by atoms with E-state index in [0.29, 0.717) is 21.7 Å². The Hall–Kier alpha value is -0.970. The molecule has 2 fully saturated rings. The van der Waals surface area contributed by atoms with Gasteiger partial charge >= 0.3 is 6.03 Å². The minimum absolute atomic E-state index is 0.0614. The Balaban J connectivity index is 1.62. The van der Waals surface area contributed by atoms with Gasteiger partial charge in [0.2, 0.25) is 0 Å². The van der Waals surface area contributed by atoms with Crippen LogP contribution in [0.4, 0.5) is 10.5 Å². The molecular formula is C14H17Cl2N3O. The Bertz CT molecular complexity index is 523. The number of hydrogen-bond acceptors (Lipinski definition) is 2. The fourth-order valence-electron chi connectivity index (χ4n) is 3.00. The van der Waals surface area contributed by atoms with E-state index in [9.17, 15) is 4.79 Å². The summed E-state index contributed by atoms with van der Waals surface area (Å²) < 4.78 is 0. The Kier molecular flexibility index (Phi) is 4.06. The molecule has 0 bridgehead atoms. The van der Waals surface area contributed by atoms with Crippen LogP contribution in [0.15, 0.2) is 18.2 Å². The summed E-state index contributed by atoms with van der Waals surface area (Å²) in [7, 11) is 0. The molecule has 2 saturated heterocycles. The second kappa shape index (κ2) is 5.80. The number of nitrogens with zero attached hydrogens (tertiary/aromatic N) is 1. The van der Waals surface area contributed by atoms with E-state index >= 15 is 0 Å². The molecule has 0 aliphatic carbocycles. The number of rotatable bonds is 1. The predicted octanol–water partition coefficient (Wildman–Crippen LogP) is 3.07. The van der Waals surface area contributed by atoms with Crippen LogP contribution >= 0.6 is 23.2 Å². The summed E-state index contributed by atoms with van der Waals surface area (Å²) >= 11 is 11.8. The number of benzene rings is 1. The van der Waals surface area contributed by atoms with Crippen LogP contribution in [0.2, 0.25) is 10.0 Å². The van der Waals surface area contributed by atoms with Crippen LogP contribution in [-0.2, 0) is 0 Å². The molecule has 1 aromatic carbocycles. The molecule has 3 rings (SSSR count). The van der Waals surface area contributed by atoms with Crippen LogP contribution in [0.25, 0.3) is 0 Å². The van der Waals surface area contributed by atoms with Crippen molar-refractivity contribution in [3.05, 3.63) is 28.2 Å². The zero-order valence-corrected chi connectivity index (χ0v) is 12.5. The van der Waals surface area contributed by atoms with E-state index in [0.717, 1.165) is 38.5 Å². The highest BCUT2D eigenvalue weighted by molar-refractivity contribution is 6.42. The largest absolute Gasteiger partial charge is 0.324 e. The molecule has 1 aromatic rings. The van der Waals surface area contributed by atoms with E-state index in [1.807, 2.05) is 4.90 Å². The maximum atomic E-state index is 12.3. The van der Waals surface area contributed by atoms with Crippen LogP contribution in [0.3, 0.4) is 0 Å². The number of carbonyl (C=O) groups is 1. The molecule has 2 N–H and O–H groups in total. The third-order valence-corrected chi connectivity index (χ3v) is 4.90. The molecule has 0 spiro atoms. The molecule has 0 radical (unpaired) electrons. The van der Waals surface area contributed by atoms with Gasteiger partial charge in [0.05, 0.1) is 10.0 Å². The average Bonchev–Trinajstić information content (AvgIpc) is 2.90. The van der Waals surface area contributed by atoms with E-state index in [-0.39, 0.29) is 6.03 Å². The zero-order valence-electron chi connectivity index (χ0n) is 11.0. The van der Waals surface area contributed by atoms with Crippen molar-refractivity contribution in [3.8, 4) is 0 Å². The summed E-state index contributed by atoms with van der Waals surface area (Å²) in [5.74, 6) is 1.31. The van der Waals surface area contributed by atoms with Crippen molar-refractivity contribution in [1.29, 1.82) is 0 Å². The fraction of sp³-hybridized carbons (Fsp3) is 0.500. The highest BCUT2D eigenvalue weighted by Gasteiger charge is 2.34. The average molecular weight is 314 g/mol. The lowest BCUT2D eigenvalue weighted by atomic mass is 9.89.